The Kier molecular flexibility index (Phi) is 7.40. The average Bonchev–Trinajstić information content (AvgIpc) is 3.09. The summed E-state index contributed by atoms with van der Waals surface area (Å²) in [5.74, 6) is 1.62. The predicted molar refractivity (Wildman–Crippen MR) is 123 cm³/mol. The van der Waals surface area contributed by atoms with E-state index in [4.69, 9.17) is 28.0 Å². The third-order valence-electron chi connectivity index (χ3n) is 4.24. The molecule has 3 aromatic rings. The lowest BCUT2D eigenvalue weighted by Gasteiger charge is -2.10. The fourth-order valence-electron chi connectivity index (χ4n) is 2.92. The van der Waals surface area contributed by atoms with Gasteiger partial charge < -0.3 is 9.52 Å². The smallest absolute Gasteiger partial charge is 0.258 e. The molecule has 11 heteroatoms. The van der Waals surface area contributed by atoms with Crippen molar-refractivity contribution in [3.63, 3.8) is 0 Å². The highest BCUT2D eigenvalue weighted by atomic mass is 79.9. The number of halogens is 2. The quantitative estimate of drug-likeness (QED) is 0.189. The van der Waals surface area contributed by atoms with Crippen LogP contribution in [0.25, 0.3) is 11.0 Å². The first-order valence-corrected chi connectivity index (χ1v) is 10.5. The molecule has 1 heterocycles. The number of nitrogens with zero attached hydrogens (tertiary/aromatic N) is 1. The molecule has 0 bridgehead atoms. The number of phenols is 1. The van der Waals surface area contributed by atoms with E-state index in [0.29, 0.717) is 10.9 Å². The van der Waals surface area contributed by atoms with Crippen molar-refractivity contribution in [2.45, 2.75) is 13.3 Å². The molecule has 0 aliphatic heterocycles. The van der Waals surface area contributed by atoms with Gasteiger partial charge in [-0.1, -0.05) is 28.3 Å². The van der Waals surface area contributed by atoms with E-state index in [9.17, 15) is 20.0 Å². The van der Waals surface area contributed by atoms with Gasteiger partial charge in [-0.3, -0.25) is 14.9 Å². The summed E-state index contributed by atoms with van der Waals surface area (Å²) in [5.41, 5.74) is -0.968. The van der Waals surface area contributed by atoms with Crippen LogP contribution in [0, 0.1) is 10.1 Å². The number of ketones is 1. The van der Waals surface area contributed by atoms with Crippen molar-refractivity contribution in [3.05, 3.63) is 49.7 Å². The standard InChI is InChI=1S/C17H9B3BrNO5.CH3Br/c1-2-9-10(16(24)6-3-4-8(23)7(21)5-6)11-12(18)13(19)15(22(25)26)14(20)17(11)27-9;1-2/h3-5,23H,2H2,1H3;1H3. The molecular weight excluding hydrogens is 502 g/mol. The Bertz CT molecular complexity index is 1130. The van der Waals surface area contributed by atoms with Gasteiger partial charge in [-0.2, -0.15) is 0 Å². The van der Waals surface area contributed by atoms with Gasteiger partial charge in [0, 0.05) is 22.8 Å². The van der Waals surface area contributed by atoms with Crippen molar-refractivity contribution in [1.29, 1.82) is 0 Å². The maximum Gasteiger partial charge on any atom is 0.258 e. The number of hydrogen-bond acceptors (Lipinski definition) is 5. The molecule has 6 radical (unpaired) electrons. The highest BCUT2D eigenvalue weighted by molar-refractivity contribution is 9.10. The molecule has 1 N–H and O–H groups in total. The summed E-state index contributed by atoms with van der Waals surface area (Å²) >= 11 is 6.10. The number of nitro groups is 1. The summed E-state index contributed by atoms with van der Waals surface area (Å²) in [7, 11) is 17.7. The maximum absolute atomic E-state index is 13.1. The summed E-state index contributed by atoms with van der Waals surface area (Å²) in [4.78, 5) is 23.7. The first kappa shape index (κ1) is 23.3. The lowest BCUT2D eigenvalue weighted by atomic mass is 9.72. The molecule has 6 nitrogen and oxygen atoms in total. The molecule has 0 saturated carbocycles. The second-order valence-corrected chi connectivity index (χ2v) is 6.65. The predicted octanol–water partition coefficient (Wildman–Crippen LogP) is 1.99. The van der Waals surface area contributed by atoms with Crippen molar-refractivity contribution in [1.82, 2.24) is 0 Å². The topological polar surface area (TPSA) is 93.6 Å². The molecule has 142 valence electrons. The number of carbonyl (C=O) groups is 1. The van der Waals surface area contributed by atoms with E-state index in [1.807, 2.05) is 5.83 Å². The normalized spacial score (nSPS) is 10.5. The number of phenolic OH excluding ortho intramolecular Hbond substituents is 1. The Balaban J connectivity index is 0.00000145. The van der Waals surface area contributed by atoms with E-state index in [-0.39, 0.29) is 50.0 Å². The van der Waals surface area contributed by atoms with Crippen LogP contribution in [0.2, 0.25) is 0 Å². The second kappa shape index (κ2) is 9.22. The number of fused-ring (bicyclic) bond motifs is 1. The van der Waals surface area contributed by atoms with Crippen molar-refractivity contribution in [3.8, 4) is 5.75 Å². The van der Waals surface area contributed by atoms with Gasteiger partial charge >= 0.3 is 0 Å². The molecule has 0 aliphatic carbocycles. The van der Waals surface area contributed by atoms with E-state index in [1.165, 1.54) is 18.2 Å². The van der Waals surface area contributed by atoms with Crippen LogP contribution in [-0.2, 0) is 6.42 Å². The number of aromatic hydroxyl groups is 1. The largest absolute Gasteiger partial charge is 0.507 e. The van der Waals surface area contributed by atoms with E-state index >= 15 is 0 Å². The fraction of sp³-hybridized carbons (Fsp3) is 0.167. The summed E-state index contributed by atoms with van der Waals surface area (Å²) in [5, 5.41) is 21.1. The Morgan fingerprint density at radius 3 is 2.34 bits per heavy atom. The minimum atomic E-state index is -0.743. The summed E-state index contributed by atoms with van der Waals surface area (Å²) in [6, 6.07) is 4.25. The van der Waals surface area contributed by atoms with Gasteiger partial charge in [0.1, 0.15) is 40.6 Å². The zero-order chi connectivity index (χ0) is 22.0. The van der Waals surface area contributed by atoms with Gasteiger partial charge in [0.2, 0.25) is 0 Å². The summed E-state index contributed by atoms with van der Waals surface area (Å²) < 4.78 is 5.99. The molecule has 2 aromatic carbocycles. The van der Waals surface area contributed by atoms with Crippen LogP contribution in [0.3, 0.4) is 0 Å². The fourth-order valence-corrected chi connectivity index (χ4v) is 3.30. The highest BCUT2D eigenvalue weighted by Crippen LogP contribution is 2.30. The summed E-state index contributed by atoms with van der Waals surface area (Å²) in [6.45, 7) is 1.76. The van der Waals surface area contributed by atoms with Crippen molar-refractivity contribution in [2.75, 3.05) is 5.83 Å². The number of alkyl halides is 1. The minimum absolute atomic E-state index is 0.0251. The van der Waals surface area contributed by atoms with Crippen molar-refractivity contribution < 1.29 is 19.2 Å². The van der Waals surface area contributed by atoms with Crippen LogP contribution in [0.5, 0.6) is 5.75 Å². The lowest BCUT2D eigenvalue weighted by Crippen LogP contribution is -2.35. The van der Waals surface area contributed by atoms with Gasteiger partial charge in [-0.05, 0) is 45.4 Å². The molecule has 0 fully saturated rings. The lowest BCUT2D eigenvalue weighted by molar-refractivity contribution is -0.382. The van der Waals surface area contributed by atoms with Crippen LogP contribution in [0.4, 0.5) is 5.69 Å². The van der Waals surface area contributed by atoms with Crippen molar-refractivity contribution >= 4 is 94.2 Å². The molecule has 0 unspecified atom stereocenters. The number of furan rings is 1. The Hall–Kier alpha value is -2.00. The second-order valence-electron chi connectivity index (χ2n) is 5.80. The molecule has 0 aliphatic rings. The zero-order valence-electron chi connectivity index (χ0n) is 15.5. The number of hydrogen-bond donors (Lipinski definition) is 1. The number of benzene rings is 2. The Labute approximate surface area is 187 Å². The molecule has 0 saturated heterocycles. The van der Waals surface area contributed by atoms with Gasteiger partial charge in [0.15, 0.2) is 5.78 Å². The monoisotopic (exact) mass is 513 g/mol. The number of rotatable bonds is 4. The van der Waals surface area contributed by atoms with Gasteiger partial charge in [-0.15, -0.1) is 0 Å². The van der Waals surface area contributed by atoms with Crippen LogP contribution < -0.4 is 16.4 Å². The summed E-state index contributed by atoms with van der Waals surface area (Å²) in [6.07, 6.45) is 0.321. The highest BCUT2D eigenvalue weighted by Gasteiger charge is 2.28. The minimum Gasteiger partial charge on any atom is -0.507 e. The Morgan fingerprint density at radius 1 is 1.21 bits per heavy atom. The molecule has 1 aromatic heterocycles. The van der Waals surface area contributed by atoms with Gasteiger partial charge in [0.05, 0.1) is 15.0 Å². The Morgan fingerprint density at radius 2 is 1.83 bits per heavy atom. The third-order valence-corrected chi connectivity index (χ3v) is 4.87. The van der Waals surface area contributed by atoms with E-state index in [1.54, 1.807) is 6.92 Å². The van der Waals surface area contributed by atoms with Crippen LogP contribution in [0.1, 0.15) is 28.6 Å². The molecule has 0 spiro atoms. The number of nitro benzene ring substituents is 1. The molecule has 3 rings (SSSR count). The van der Waals surface area contributed by atoms with Crippen LogP contribution >= 0.6 is 31.9 Å². The molecular formula is C18H12B3Br2NO5. The van der Waals surface area contributed by atoms with E-state index in [0.717, 1.165) is 0 Å². The third kappa shape index (κ3) is 4.03. The average molecular weight is 515 g/mol. The van der Waals surface area contributed by atoms with E-state index < -0.39 is 16.4 Å². The van der Waals surface area contributed by atoms with Gasteiger partial charge in [-0.25, -0.2) is 0 Å². The molecule has 29 heavy (non-hydrogen) atoms. The van der Waals surface area contributed by atoms with Crippen LogP contribution in [-0.4, -0.2) is 45.2 Å². The number of carbonyl (C=O) groups excluding carboxylic acids is 1. The van der Waals surface area contributed by atoms with Crippen LogP contribution in [0.15, 0.2) is 27.1 Å². The molecule has 0 amide bonds. The SMILES string of the molecule is CBr.[B]c1c([N+](=O)[O-])c([B])c2oc(CC)c(C(=O)c3ccc(O)c(Br)c3)c2c1[B]. The number of aryl methyl sites for hydroxylation is 1. The zero-order valence-corrected chi connectivity index (χ0v) is 18.6. The molecule has 0 atom stereocenters. The van der Waals surface area contributed by atoms with E-state index in [2.05, 4.69) is 31.9 Å². The first-order chi connectivity index (χ1) is 13.7. The van der Waals surface area contributed by atoms with Gasteiger partial charge in [0.25, 0.3) is 5.69 Å². The first-order valence-electron chi connectivity index (χ1n) is 8.16. The maximum atomic E-state index is 13.1. The van der Waals surface area contributed by atoms with Crippen molar-refractivity contribution in [2.24, 2.45) is 0 Å².